The van der Waals surface area contributed by atoms with Crippen LogP contribution < -0.4 is 0 Å². The molecule has 5 heteroatoms. The van der Waals surface area contributed by atoms with E-state index in [1.165, 1.54) is 16.7 Å². The number of benzene rings is 1. The number of carbonyl (C=O) groups is 1. The summed E-state index contributed by atoms with van der Waals surface area (Å²) < 4.78 is 24.3. The number of hydrogen-bond donors (Lipinski definition) is 0. The monoisotopic (exact) mass is 391 g/mol. The van der Waals surface area contributed by atoms with Crippen molar-refractivity contribution in [1.82, 2.24) is 4.90 Å². The Balaban J connectivity index is 1.57. The highest BCUT2D eigenvalue weighted by Gasteiger charge is 2.28. The van der Waals surface area contributed by atoms with Gasteiger partial charge in [-0.1, -0.05) is 19.1 Å². The predicted octanol–water partition coefficient (Wildman–Crippen LogP) is 3.33. The number of fused-ring (bicyclic) bond motifs is 1. The maximum Gasteiger partial charge on any atom is 0.226 e. The van der Waals surface area contributed by atoms with E-state index in [2.05, 4.69) is 26.0 Å². The first-order valence-corrected chi connectivity index (χ1v) is 12.0. The van der Waals surface area contributed by atoms with Gasteiger partial charge in [0.05, 0.1) is 17.4 Å². The van der Waals surface area contributed by atoms with Gasteiger partial charge in [0, 0.05) is 13.1 Å². The smallest absolute Gasteiger partial charge is 0.226 e. The molecule has 1 heterocycles. The van der Waals surface area contributed by atoms with Crippen LogP contribution in [0.15, 0.2) is 12.1 Å². The highest BCUT2D eigenvalue weighted by atomic mass is 32.2. The number of sulfone groups is 1. The molecular weight excluding hydrogens is 358 g/mol. The molecule has 0 radical (unpaired) electrons. The fourth-order valence-electron chi connectivity index (χ4n) is 4.47. The van der Waals surface area contributed by atoms with Gasteiger partial charge in [0.1, 0.15) is 0 Å². The van der Waals surface area contributed by atoms with Gasteiger partial charge in [-0.15, -0.1) is 0 Å². The summed E-state index contributed by atoms with van der Waals surface area (Å²) >= 11 is 0. The zero-order valence-corrected chi connectivity index (χ0v) is 17.9. The second-order valence-electron chi connectivity index (χ2n) is 8.88. The van der Waals surface area contributed by atoms with Gasteiger partial charge in [0.15, 0.2) is 9.84 Å². The molecular formula is C22H33NO3S. The molecule has 1 fully saturated rings. The normalized spacial score (nSPS) is 20.9. The van der Waals surface area contributed by atoms with Gasteiger partial charge in [0.25, 0.3) is 0 Å². The summed E-state index contributed by atoms with van der Waals surface area (Å²) in [6.45, 7) is 9.29. The molecule has 1 unspecified atom stereocenters. The Labute approximate surface area is 164 Å². The molecule has 0 N–H and O–H groups in total. The quantitative estimate of drug-likeness (QED) is 0.774. The fourth-order valence-corrected chi connectivity index (χ4v) is 5.84. The van der Waals surface area contributed by atoms with E-state index in [4.69, 9.17) is 0 Å². The lowest BCUT2D eigenvalue weighted by molar-refractivity contribution is -0.131. The van der Waals surface area contributed by atoms with E-state index in [0.29, 0.717) is 25.4 Å². The van der Waals surface area contributed by atoms with Crippen molar-refractivity contribution in [3.05, 3.63) is 34.4 Å². The molecule has 3 rings (SSSR count). The Kier molecular flexibility index (Phi) is 5.99. The van der Waals surface area contributed by atoms with Crippen LogP contribution in [0, 0.1) is 18.8 Å². The Morgan fingerprint density at radius 3 is 2.48 bits per heavy atom. The van der Waals surface area contributed by atoms with Crippen LogP contribution in [-0.2, 0) is 33.9 Å². The van der Waals surface area contributed by atoms with Crippen molar-refractivity contribution in [3.63, 3.8) is 0 Å². The summed E-state index contributed by atoms with van der Waals surface area (Å²) in [4.78, 5) is 14.7. The van der Waals surface area contributed by atoms with Gasteiger partial charge in [-0.25, -0.2) is 8.42 Å². The number of nitrogens with zero attached hydrogens (tertiary/aromatic N) is 1. The molecule has 2 aliphatic rings. The number of rotatable bonds is 5. The minimum atomic E-state index is -3.00. The molecule has 1 atom stereocenters. The Morgan fingerprint density at radius 2 is 1.85 bits per heavy atom. The average Bonchev–Trinajstić information content (AvgIpc) is 2.99. The van der Waals surface area contributed by atoms with Crippen molar-refractivity contribution in [2.24, 2.45) is 11.8 Å². The van der Waals surface area contributed by atoms with Crippen molar-refractivity contribution in [2.75, 3.05) is 18.8 Å². The van der Waals surface area contributed by atoms with Crippen molar-refractivity contribution < 1.29 is 13.2 Å². The molecule has 1 aromatic rings. The van der Waals surface area contributed by atoms with Gasteiger partial charge in [-0.05, 0) is 80.5 Å². The number of likely N-dealkylation sites (tertiary alicyclic amines) is 1. The maximum atomic E-state index is 12.8. The van der Waals surface area contributed by atoms with E-state index in [9.17, 15) is 13.2 Å². The average molecular weight is 392 g/mol. The summed E-state index contributed by atoms with van der Waals surface area (Å²) in [6.07, 6.45) is 4.31. The standard InChI is InChI=1S/C22H33NO3S/c1-15(2)27(25,26)14-18-7-9-23(10-8-18)22(24)13-19-5-6-20-11-16(3)12-21(20)17(19)4/h5-6,15-16,18H,7-14H2,1-4H3. The van der Waals surface area contributed by atoms with Crippen molar-refractivity contribution in [2.45, 2.75) is 65.0 Å². The topological polar surface area (TPSA) is 54.5 Å². The molecule has 0 spiro atoms. The van der Waals surface area contributed by atoms with Crippen LogP contribution in [0.1, 0.15) is 55.9 Å². The summed E-state index contributed by atoms with van der Waals surface area (Å²) in [7, 11) is -3.00. The van der Waals surface area contributed by atoms with Gasteiger partial charge in [-0.3, -0.25) is 4.79 Å². The first-order chi connectivity index (χ1) is 12.7. The SMILES string of the molecule is Cc1c(CC(=O)N2CCC(CS(=O)(=O)C(C)C)CC2)ccc2c1CC(C)C2. The molecule has 27 heavy (non-hydrogen) atoms. The molecule has 1 aliphatic carbocycles. The predicted molar refractivity (Wildman–Crippen MR) is 110 cm³/mol. The molecule has 1 aliphatic heterocycles. The highest BCUT2D eigenvalue weighted by molar-refractivity contribution is 7.91. The summed E-state index contributed by atoms with van der Waals surface area (Å²) in [5.41, 5.74) is 5.34. The third-order valence-electron chi connectivity index (χ3n) is 6.42. The van der Waals surface area contributed by atoms with E-state index < -0.39 is 9.84 Å². The molecule has 150 valence electrons. The summed E-state index contributed by atoms with van der Waals surface area (Å²) in [5, 5.41) is -0.317. The maximum absolute atomic E-state index is 12.8. The van der Waals surface area contributed by atoms with Crippen LogP contribution in [0.25, 0.3) is 0 Å². The highest BCUT2D eigenvalue weighted by Crippen LogP contribution is 2.31. The molecule has 0 bridgehead atoms. The van der Waals surface area contributed by atoms with Crippen LogP contribution in [-0.4, -0.2) is 43.3 Å². The van der Waals surface area contributed by atoms with Crippen LogP contribution >= 0.6 is 0 Å². The molecule has 0 saturated carbocycles. The molecule has 1 amide bonds. The summed E-state index contributed by atoms with van der Waals surface area (Å²) in [5.74, 6) is 1.32. The zero-order valence-electron chi connectivity index (χ0n) is 17.1. The van der Waals surface area contributed by atoms with Crippen molar-refractivity contribution >= 4 is 15.7 Å². The lowest BCUT2D eigenvalue weighted by Crippen LogP contribution is -2.41. The van der Waals surface area contributed by atoms with Crippen LogP contribution in [0.2, 0.25) is 0 Å². The molecule has 1 saturated heterocycles. The molecule has 0 aromatic heterocycles. The zero-order chi connectivity index (χ0) is 19.8. The lowest BCUT2D eigenvalue weighted by atomic mass is 9.95. The first kappa shape index (κ1) is 20.4. The second kappa shape index (κ2) is 7.94. The van der Waals surface area contributed by atoms with E-state index in [1.54, 1.807) is 13.8 Å². The van der Waals surface area contributed by atoms with Gasteiger partial charge < -0.3 is 4.90 Å². The Morgan fingerprint density at radius 1 is 1.19 bits per heavy atom. The van der Waals surface area contributed by atoms with Crippen LogP contribution in [0.5, 0.6) is 0 Å². The van der Waals surface area contributed by atoms with Crippen LogP contribution in [0.4, 0.5) is 0 Å². The summed E-state index contributed by atoms with van der Waals surface area (Å²) in [6, 6.07) is 4.34. The van der Waals surface area contributed by atoms with Gasteiger partial charge in [-0.2, -0.15) is 0 Å². The number of amides is 1. The van der Waals surface area contributed by atoms with E-state index in [-0.39, 0.29) is 22.8 Å². The van der Waals surface area contributed by atoms with Gasteiger partial charge in [0.2, 0.25) is 5.91 Å². The lowest BCUT2D eigenvalue weighted by Gasteiger charge is -2.32. The van der Waals surface area contributed by atoms with E-state index >= 15 is 0 Å². The van der Waals surface area contributed by atoms with Crippen LogP contribution in [0.3, 0.4) is 0 Å². The number of piperidine rings is 1. The third-order valence-corrected chi connectivity index (χ3v) is 8.80. The van der Waals surface area contributed by atoms with Gasteiger partial charge >= 0.3 is 0 Å². The van der Waals surface area contributed by atoms with Crippen molar-refractivity contribution in [3.8, 4) is 0 Å². The largest absolute Gasteiger partial charge is 0.342 e. The van der Waals surface area contributed by atoms with E-state index in [1.807, 2.05) is 4.90 Å². The van der Waals surface area contributed by atoms with Crippen molar-refractivity contribution in [1.29, 1.82) is 0 Å². The second-order valence-corrected chi connectivity index (χ2v) is 11.5. The Hall–Kier alpha value is -1.36. The minimum absolute atomic E-state index is 0.175. The molecule has 1 aromatic carbocycles. The molecule has 4 nitrogen and oxygen atoms in total. The van der Waals surface area contributed by atoms with E-state index in [0.717, 1.165) is 31.2 Å². The third kappa shape index (κ3) is 4.56. The number of hydrogen-bond acceptors (Lipinski definition) is 3. The number of carbonyl (C=O) groups excluding carboxylic acids is 1. The minimum Gasteiger partial charge on any atom is -0.342 e. The fraction of sp³-hybridized carbons (Fsp3) is 0.682. The first-order valence-electron chi connectivity index (χ1n) is 10.3. The Bertz CT molecular complexity index is 805.